The van der Waals surface area contributed by atoms with Crippen molar-refractivity contribution in [3.63, 3.8) is 0 Å². The van der Waals surface area contributed by atoms with Crippen LogP contribution in [-0.4, -0.2) is 21.6 Å². The molecule has 0 spiro atoms. The molecule has 0 saturated heterocycles. The molecule has 0 amide bonds. The van der Waals surface area contributed by atoms with E-state index in [0.29, 0.717) is 10.8 Å². The number of aromatic nitrogens is 2. The van der Waals surface area contributed by atoms with E-state index in [-0.39, 0.29) is 11.2 Å². The fourth-order valence-corrected chi connectivity index (χ4v) is 2.06. The van der Waals surface area contributed by atoms with E-state index >= 15 is 0 Å². The third-order valence-corrected chi connectivity index (χ3v) is 3.36. The minimum Gasteiger partial charge on any atom is -0.506 e. The molecule has 0 aliphatic rings. The minimum absolute atomic E-state index is 0.0549. The fraction of sp³-hybridized carbons (Fsp3) is 0.375. The molecule has 112 valence electrons. The number of aromatic hydroxyl groups is 1. The van der Waals surface area contributed by atoms with E-state index in [1.807, 2.05) is 13.0 Å². The highest BCUT2D eigenvalue weighted by atomic mass is 35.5. The summed E-state index contributed by atoms with van der Waals surface area (Å²) < 4.78 is 0. The molecule has 0 aliphatic heterocycles. The van der Waals surface area contributed by atoms with Crippen molar-refractivity contribution in [1.82, 2.24) is 9.97 Å². The first-order chi connectivity index (χ1) is 9.81. The largest absolute Gasteiger partial charge is 0.506 e. The van der Waals surface area contributed by atoms with Gasteiger partial charge in [0.05, 0.1) is 10.7 Å². The lowest BCUT2D eigenvalue weighted by Crippen LogP contribution is -2.16. The Hall–Kier alpha value is -1.81. The van der Waals surface area contributed by atoms with Crippen molar-refractivity contribution in [3.05, 3.63) is 35.0 Å². The van der Waals surface area contributed by atoms with Crippen LogP contribution in [0.25, 0.3) is 11.4 Å². The normalized spacial score (nSPS) is 11.5. The molecule has 1 heterocycles. The smallest absolute Gasteiger partial charge is 0.161 e. The highest BCUT2D eigenvalue weighted by Gasteiger charge is 2.18. The van der Waals surface area contributed by atoms with Gasteiger partial charge in [0.15, 0.2) is 5.82 Å². The summed E-state index contributed by atoms with van der Waals surface area (Å²) in [5, 5.41) is 13.0. The Morgan fingerprint density at radius 3 is 2.48 bits per heavy atom. The maximum atomic E-state index is 9.53. The lowest BCUT2D eigenvalue weighted by atomic mass is 9.91. The van der Waals surface area contributed by atoms with Gasteiger partial charge < -0.3 is 10.4 Å². The fourth-order valence-electron chi connectivity index (χ4n) is 1.88. The third-order valence-electron chi connectivity index (χ3n) is 3.06. The highest BCUT2D eigenvalue weighted by Crippen LogP contribution is 2.30. The minimum atomic E-state index is -0.0808. The van der Waals surface area contributed by atoms with Crippen molar-refractivity contribution in [2.45, 2.75) is 33.1 Å². The van der Waals surface area contributed by atoms with E-state index in [1.54, 1.807) is 18.2 Å². The Balaban J connectivity index is 2.56. The van der Waals surface area contributed by atoms with Gasteiger partial charge in [0.25, 0.3) is 0 Å². The molecule has 1 aromatic heterocycles. The van der Waals surface area contributed by atoms with Gasteiger partial charge in [-0.25, -0.2) is 9.97 Å². The van der Waals surface area contributed by atoms with E-state index < -0.39 is 0 Å². The predicted molar refractivity (Wildman–Crippen MR) is 87.0 cm³/mol. The van der Waals surface area contributed by atoms with Gasteiger partial charge in [-0.15, -0.1) is 0 Å². The van der Waals surface area contributed by atoms with Crippen molar-refractivity contribution in [3.8, 4) is 17.1 Å². The van der Waals surface area contributed by atoms with Gasteiger partial charge in [-0.2, -0.15) is 0 Å². The number of hydrogen-bond donors (Lipinski definition) is 2. The first-order valence-electron chi connectivity index (χ1n) is 6.93. The number of nitrogens with zero attached hydrogens (tertiary/aromatic N) is 2. The van der Waals surface area contributed by atoms with Gasteiger partial charge in [0.1, 0.15) is 11.6 Å². The molecule has 2 aromatic rings. The Kier molecular flexibility index (Phi) is 4.37. The van der Waals surface area contributed by atoms with Crippen molar-refractivity contribution < 1.29 is 5.11 Å². The van der Waals surface area contributed by atoms with Crippen molar-refractivity contribution in [2.24, 2.45) is 0 Å². The quantitative estimate of drug-likeness (QED) is 0.891. The Labute approximate surface area is 130 Å². The number of hydrogen-bond acceptors (Lipinski definition) is 4. The van der Waals surface area contributed by atoms with Gasteiger partial charge in [-0.1, -0.05) is 32.4 Å². The summed E-state index contributed by atoms with van der Waals surface area (Å²) in [4.78, 5) is 9.15. The second kappa shape index (κ2) is 5.90. The van der Waals surface area contributed by atoms with Crippen LogP contribution in [0.15, 0.2) is 24.3 Å². The maximum Gasteiger partial charge on any atom is 0.161 e. The average molecular weight is 306 g/mol. The molecule has 0 fully saturated rings. The van der Waals surface area contributed by atoms with E-state index in [0.717, 1.165) is 23.6 Å². The van der Waals surface area contributed by atoms with E-state index in [9.17, 15) is 5.11 Å². The summed E-state index contributed by atoms with van der Waals surface area (Å²) in [6, 6.07) is 6.96. The van der Waals surface area contributed by atoms with Crippen LogP contribution in [-0.2, 0) is 5.41 Å². The van der Waals surface area contributed by atoms with Crippen LogP contribution in [0, 0.1) is 0 Å². The molecular weight excluding hydrogens is 286 g/mol. The Morgan fingerprint density at radius 2 is 1.90 bits per heavy atom. The summed E-state index contributed by atoms with van der Waals surface area (Å²) in [6.07, 6.45) is 0. The van der Waals surface area contributed by atoms with Crippen LogP contribution < -0.4 is 5.32 Å². The third kappa shape index (κ3) is 3.64. The number of anilines is 1. The molecule has 0 aliphatic carbocycles. The van der Waals surface area contributed by atoms with Gasteiger partial charge in [0, 0.05) is 23.6 Å². The zero-order valence-electron chi connectivity index (χ0n) is 12.7. The lowest BCUT2D eigenvalue weighted by molar-refractivity contribution is 0.475. The van der Waals surface area contributed by atoms with Crippen molar-refractivity contribution >= 4 is 17.4 Å². The predicted octanol–water partition coefficient (Wildman–Crippen LogP) is 4.23. The van der Waals surface area contributed by atoms with Gasteiger partial charge in [-0.3, -0.25) is 0 Å². The first kappa shape index (κ1) is 15.6. The van der Waals surface area contributed by atoms with Crippen LogP contribution in [0.5, 0.6) is 5.75 Å². The molecule has 5 heteroatoms. The van der Waals surface area contributed by atoms with E-state index in [1.165, 1.54) is 0 Å². The Morgan fingerprint density at radius 1 is 1.19 bits per heavy atom. The second-order valence-corrected chi connectivity index (χ2v) is 6.32. The van der Waals surface area contributed by atoms with Crippen LogP contribution in [0.1, 0.15) is 33.4 Å². The monoisotopic (exact) mass is 305 g/mol. The maximum absolute atomic E-state index is 9.53. The molecule has 1 aromatic carbocycles. The van der Waals surface area contributed by atoms with Crippen LogP contribution in [0.4, 0.5) is 5.82 Å². The molecule has 0 saturated carbocycles. The summed E-state index contributed by atoms with van der Waals surface area (Å²) in [6.45, 7) is 9.14. The molecule has 4 nitrogen and oxygen atoms in total. The topological polar surface area (TPSA) is 58.0 Å². The zero-order valence-corrected chi connectivity index (χ0v) is 13.5. The van der Waals surface area contributed by atoms with E-state index in [4.69, 9.17) is 11.6 Å². The molecule has 0 bridgehead atoms. The molecular formula is C16H20ClN3O. The van der Waals surface area contributed by atoms with Gasteiger partial charge in [0.2, 0.25) is 0 Å². The standard InChI is InChI=1S/C16H20ClN3O/c1-5-18-14-9-13(16(2,3)4)19-15(20-14)10-6-7-12(21)11(17)8-10/h6-9,21H,5H2,1-4H3,(H,18,19,20). The summed E-state index contributed by atoms with van der Waals surface area (Å²) >= 11 is 5.97. The molecule has 21 heavy (non-hydrogen) atoms. The number of rotatable bonds is 3. The molecule has 0 atom stereocenters. The molecule has 2 rings (SSSR count). The molecule has 0 unspecified atom stereocenters. The Bertz CT molecular complexity index is 650. The summed E-state index contributed by atoms with van der Waals surface area (Å²) in [5.74, 6) is 1.44. The SMILES string of the molecule is CCNc1cc(C(C)(C)C)nc(-c2ccc(O)c(Cl)c2)n1. The van der Waals surface area contributed by atoms with Gasteiger partial charge in [-0.05, 0) is 25.1 Å². The van der Waals surface area contributed by atoms with Crippen molar-refractivity contribution in [2.75, 3.05) is 11.9 Å². The van der Waals surface area contributed by atoms with Crippen LogP contribution in [0.2, 0.25) is 5.02 Å². The first-order valence-corrected chi connectivity index (χ1v) is 7.31. The summed E-state index contributed by atoms with van der Waals surface area (Å²) in [5.41, 5.74) is 1.65. The number of phenols is 1. The highest BCUT2D eigenvalue weighted by molar-refractivity contribution is 6.32. The lowest BCUT2D eigenvalue weighted by Gasteiger charge is -2.19. The van der Waals surface area contributed by atoms with Crippen LogP contribution >= 0.6 is 11.6 Å². The van der Waals surface area contributed by atoms with Gasteiger partial charge >= 0.3 is 0 Å². The summed E-state index contributed by atoms with van der Waals surface area (Å²) in [7, 11) is 0. The molecule has 2 N–H and O–H groups in total. The number of nitrogens with one attached hydrogen (secondary N) is 1. The van der Waals surface area contributed by atoms with E-state index in [2.05, 4.69) is 36.1 Å². The molecule has 0 radical (unpaired) electrons. The number of halogens is 1. The number of phenolic OH excluding ortho intramolecular Hbond substituents is 1. The zero-order chi connectivity index (χ0) is 15.6. The second-order valence-electron chi connectivity index (χ2n) is 5.91. The number of benzene rings is 1. The average Bonchev–Trinajstić information content (AvgIpc) is 2.41. The van der Waals surface area contributed by atoms with Crippen molar-refractivity contribution in [1.29, 1.82) is 0 Å². The van der Waals surface area contributed by atoms with Crippen LogP contribution in [0.3, 0.4) is 0 Å².